The van der Waals surface area contributed by atoms with Gasteiger partial charge >= 0.3 is 17.9 Å². The monoisotopic (exact) mass is 1080 g/mol. The van der Waals surface area contributed by atoms with Gasteiger partial charge in [0, 0.05) is 19.3 Å². The van der Waals surface area contributed by atoms with E-state index in [1.54, 1.807) is 0 Å². The average molecular weight is 1080 g/mol. The van der Waals surface area contributed by atoms with E-state index in [1.165, 1.54) is 161 Å². The Bertz CT molecular complexity index is 1570. The van der Waals surface area contributed by atoms with Crippen molar-refractivity contribution in [1.29, 1.82) is 0 Å². The van der Waals surface area contributed by atoms with E-state index in [0.29, 0.717) is 19.3 Å². The molecule has 0 heterocycles. The van der Waals surface area contributed by atoms with Crippen LogP contribution in [-0.4, -0.2) is 37.2 Å². The van der Waals surface area contributed by atoms with E-state index < -0.39 is 6.10 Å². The zero-order chi connectivity index (χ0) is 56.4. The number of rotatable bonds is 59. The van der Waals surface area contributed by atoms with Crippen LogP contribution in [0.4, 0.5) is 0 Å². The molecule has 6 heteroatoms. The van der Waals surface area contributed by atoms with Crippen molar-refractivity contribution in [3.8, 4) is 0 Å². The summed E-state index contributed by atoms with van der Waals surface area (Å²) in [6.45, 7) is 6.50. The van der Waals surface area contributed by atoms with Crippen LogP contribution < -0.4 is 0 Å². The molecule has 0 amide bonds. The highest BCUT2D eigenvalue weighted by atomic mass is 16.6. The third-order valence-electron chi connectivity index (χ3n) is 14.0. The molecule has 0 aliphatic carbocycles. The summed E-state index contributed by atoms with van der Waals surface area (Å²) in [6.07, 6.45) is 89.6. The highest BCUT2D eigenvalue weighted by Crippen LogP contribution is 2.16. The van der Waals surface area contributed by atoms with Gasteiger partial charge in [-0.05, 0) is 109 Å². The van der Waals surface area contributed by atoms with Crippen molar-refractivity contribution in [3.63, 3.8) is 0 Å². The highest BCUT2D eigenvalue weighted by molar-refractivity contribution is 5.71. The van der Waals surface area contributed by atoms with Crippen molar-refractivity contribution < 1.29 is 28.6 Å². The topological polar surface area (TPSA) is 78.9 Å². The van der Waals surface area contributed by atoms with Crippen LogP contribution in [0.1, 0.15) is 310 Å². The standard InChI is InChI=1S/C72H122O6/c1-4-7-10-13-16-19-22-25-27-29-31-33-34-35-36-37-38-40-41-43-45-47-50-53-56-59-62-65-71(74)77-68-69(67-76-70(73)64-61-58-55-52-49-24-21-18-15-12-9-6-3)78-72(75)66-63-60-57-54-51-48-46-44-42-39-32-30-28-26-23-20-17-14-11-8-5-2/h8,11,17,20,22,25-26,28-29,31-32,34-35,39,44,46,51,54,69H,4-7,9-10,12-16,18-19,21,23-24,27,30,33,36-38,40-43,45,47-50,52-53,55-68H2,1-3H3/b11-8-,20-17-,25-22-,28-26-,31-29-,35-34-,39-32-,46-44-,54-51-. The minimum atomic E-state index is -0.803. The minimum Gasteiger partial charge on any atom is -0.462 e. The van der Waals surface area contributed by atoms with E-state index in [4.69, 9.17) is 14.2 Å². The van der Waals surface area contributed by atoms with E-state index in [1.807, 2.05) is 0 Å². The average Bonchev–Trinajstić information content (AvgIpc) is 3.44. The molecular weight excluding hydrogens is 961 g/mol. The second-order valence-corrected chi connectivity index (χ2v) is 21.6. The third-order valence-corrected chi connectivity index (χ3v) is 14.0. The normalized spacial score (nSPS) is 12.8. The molecule has 0 rings (SSSR count). The number of esters is 3. The predicted octanol–water partition coefficient (Wildman–Crippen LogP) is 22.6. The lowest BCUT2D eigenvalue weighted by molar-refractivity contribution is -0.167. The Morgan fingerprint density at radius 2 is 0.500 bits per heavy atom. The highest BCUT2D eigenvalue weighted by Gasteiger charge is 2.19. The van der Waals surface area contributed by atoms with Crippen LogP contribution in [0.5, 0.6) is 0 Å². The van der Waals surface area contributed by atoms with E-state index in [9.17, 15) is 14.4 Å². The molecule has 6 nitrogen and oxygen atoms in total. The zero-order valence-corrected chi connectivity index (χ0v) is 51.2. The molecule has 0 aromatic heterocycles. The molecule has 0 aromatic carbocycles. The van der Waals surface area contributed by atoms with Crippen molar-refractivity contribution >= 4 is 17.9 Å². The first-order chi connectivity index (χ1) is 38.5. The fourth-order valence-electron chi connectivity index (χ4n) is 9.10. The summed E-state index contributed by atoms with van der Waals surface area (Å²) in [5.74, 6) is -0.932. The first kappa shape index (κ1) is 74.1. The lowest BCUT2D eigenvalue weighted by Crippen LogP contribution is -2.30. The molecular formula is C72H122O6. The van der Waals surface area contributed by atoms with Crippen LogP contribution >= 0.6 is 0 Å². The van der Waals surface area contributed by atoms with Crippen LogP contribution in [0.15, 0.2) is 109 Å². The SMILES string of the molecule is CC/C=C\C/C=C\C/C=C\C/C=C\C/C=C\C/C=C\CCCCC(=O)OC(COC(=O)CCCCCCCCCCCCCC)COC(=O)CCCCCCCCCCCCCC/C=C\C/C=C\C/C=C\CCCCCCC. The molecule has 0 spiro atoms. The van der Waals surface area contributed by atoms with Gasteiger partial charge in [0.25, 0.3) is 0 Å². The molecule has 0 aromatic rings. The third kappa shape index (κ3) is 62.9. The first-order valence-electron chi connectivity index (χ1n) is 32.9. The molecule has 78 heavy (non-hydrogen) atoms. The molecule has 1 unspecified atom stereocenters. The predicted molar refractivity (Wildman–Crippen MR) is 339 cm³/mol. The van der Waals surface area contributed by atoms with Crippen molar-refractivity contribution in [3.05, 3.63) is 109 Å². The smallest absolute Gasteiger partial charge is 0.306 e. The molecule has 1 atom stereocenters. The Labute approximate surface area is 482 Å². The summed E-state index contributed by atoms with van der Waals surface area (Å²) in [7, 11) is 0. The summed E-state index contributed by atoms with van der Waals surface area (Å²) in [5.41, 5.74) is 0. The number of allylic oxidation sites excluding steroid dienone is 18. The molecule has 0 aliphatic rings. The van der Waals surface area contributed by atoms with Crippen LogP contribution in [0.2, 0.25) is 0 Å². The Morgan fingerprint density at radius 1 is 0.269 bits per heavy atom. The van der Waals surface area contributed by atoms with Gasteiger partial charge in [-0.2, -0.15) is 0 Å². The molecule has 0 fully saturated rings. The second-order valence-electron chi connectivity index (χ2n) is 21.6. The van der Waals surface area contributed by atoms with Gasteiger partial charge in [-0.1, -0.05) is 291 Å². The van der Waals surface area contributed by atoms with Crippen molar-refractivity contribution in [2.24, 2.45) is 0 Å². The number of hydrogen-bond acceptors (Lipinski definition) is 6. The van der Waals surface area contributed by atoms with Gasteiger partial charge in [0.15, 0.2) is 6.10 Å². The Balaban J connectivity index is 4.35. The van der Waals surface area contributed by atoms with E-state index in [0.717, 1.165) is 103 Å². The summed E-state index contributed by atoms with van der Waals surface area (Å²) in [6, 6.07) is 0. The first-order valence-corrected chi connectivity index (χ1v) is 32.9. The lowest BCUT2D eigenvalue weighted by Gasteiger charge is -2.18. The van der Waals surface area contributed by atoms with E-state index in [-0.39, 0.29) is 37.5 Å². The number of ether oxygens (including phenoxy) is 3. The molecule has 0 bridgehead atoms. The number of hydrogen-bond donors (Lipinski definition) is 0. The van der Waals surface area contributed by atoms with Gasteiger partial charge in [0.05, 0.1) is 0 Å². The maximum Gasteiger partial charge on any atom is 0.306 e. The van der Waals surface area contributed by atoms with Crippen molar-refractivity contribution in [2.75, 3.05) is 13.2 Å². The van der Waals surface area contributed by atoms with Crippen LogP contribution in [0, 0.1) is 0 Å². The van der Waals surface area contributed by atoms with Crippen LogP contribution in [-0.2, 0) is 28.6 Å². The van der Waals surface area contributed by atoms with Crippen molar-refractivity contribution in [1.82, 2.24) is 0 Å². The summed E-state index contributed by atoms with van der Waals surface area (Å²) >= 11 is 0. The molecule has 0 saturated heterocycles. The van der Waals surface area contributed by atoms with Crippen molar-refractivity contribution in [2.45, 2.75) is 316 Å². The quantitative estimate of drug-likeness (QED) is 0.0261. The largest absolute Gasteiger partial charge is 0.462 e. The maximum atomic E-state index is 12.9. The Hall–Kier alpha value is -3.93. The minimum absolute atomic E-state index is 0.0947. The maximum absolute atomic E-state index is 12.9. The van der Waals surface area contributed by atoms with Gasteiger partial charge in [-0.25, -0.2) is 0 Å². The lowest BCUT2D eigenvalue weighted by atomic mass is 10.0. The number of carbonyl (C=O) groups excluding carboxylic acids is 3. The number of carbonyl (C=O) groups is 3. The molecule has 0 aliphatic heterocycles. The van der Waals surface area contributed by atoms with E-state index in [2.05, 4.69) is 130 Å². The van der Waals surface area contributed by atoms with Gasteiger partial charge in [-0.3, -0.25) is 14.4 Å². The van der Waals surface area contributed by atoms with Crippen LogP contribution in [0.25, 0.3) is 0 Å². The molecule has 0 saturated carbocycles. The molecule has 446 valence electrons. The summed E-state index contributed by atoms with van der Waals surface area (Å²) in [4.78, 5) is 38.3. The van der Waals surface area contributed by atoms with Gasteiger partial charge in [0.2, 0.25) is 0 Å². The summed E-state index contributed by atoms with van der Waals surface area (Å²) in [5, 5.41) is 0. The fourth-order valence-corrected chi connectivity index (χ4v) is 9.10. The zero-order valence-electron chi connectivity index (χ0n) is 51.2. The van der Waals surface area contributed by atoms with Gasteiger partial charge in [0.1, 0.15) is 13.2 Å². The fraction of sp³-hybridized carbons (Fsp3) is 0.708. The van der Waals surface area contributed by atoms with Gasteiger partial charge in [-0.15, -0.1) is 0 Å². The second kappa shape index (κ2) is 65.6. The Kier molecular flexibility index (Phi) is 62.3. The Morgan fingerprint density at radius 3 is 0.808 bits per heavy atom. The van der Waals surface area contributed by atoms with Crippen LogP contribution in [0.3, 0.4) is 0 Å². The summed E-state index contributed by atoms with van der Waals surface area (Å²) < 4.78 is 16.9. The number of unbranched alkanes of at least 4 members (excludes halogenated alkanes) is 30. The molecule has 0 radical (unpaired) electrons. The molecule has 0 N–H and O–H groups in total. The van der Waals surface area contributed by atoms with E-state index >= 15 is 0 Å². The van der Waals surface area contributed by atoms with Gasteiger partial charge < -0.3 is 14.2 Å².